The van der Waals surface area contributed by atoms with Crippen LogP contribution >= 0.6 is 0 Å². The van der Waals surface area contributed by atoms with E-state index in [1.807, 2.05) is 0 Å². The van der Waals surface area contributed by atoms with Gasteiger partial charge < -0.3 is 9.88 Å². The summed E-state index contributed by atoms with van der Waals surface area (Å²) in [5, 5.41) is 7.98. The van der Waals surface area contributed by atoms with Gasteiger partial charge in [0.1, 0.15) is 0 Å². The van der Waals surface area contributed by atoms with Crippen LogP contribution in [0.2, 0.25) is 0 Å². The summed E-state index contributed by atoms with van der Waals surface area (Å²) in [6.45, 7) is 0. The van der Waals surface area contributed by atoms with Gasteiger partial charge in [0.05, 0.1) is 0 Å². The second-order valence-electron chi connectivity index (χ2n) is 16.2. The second kappa shape index (κ2) is 16.5. The smallest absolute Gasteiger partial charge is 0.179 e. The van der Waals surface area contributed by atoms with E-state index in [1.54, 1.807) is 0 Å². The summed E-state index contributed by atoms with van der Waals surface area (Å²) in [4.78, 5) is 5.92. The van der Waals surface area contributed by atoms with Crippen molar-refractivity contribution in [3.8, 4) is 33.4 Å². The third kappa shape index (κ3) is 7.05. The summed E-state index contributed by atoms with van der Waals surface area (Å²) < 4.78 is 0. The van der Waals surface area contributed by atoms with Gasteiger partial charge in [-0.25, -0.2) is 0 Å². The van der Waals surface area contributed by atoms with Gasteiger partial charge in [-0.2, -0.15) is 0 Å². The van der Waals surface area contributed by atoms with Crippen molar-refractivity contribution in [2.24, 2.45) is 0 Å². The fraction of sp³-hybridized carbons (Fsp3) is 0. The number of rotatable bonds is 10. The molecule has 0 amide bonds. The molecule has 1 heterocycles. The molecule has 0 spiro atoms. The monoisotopic (exact) mass is 820 g/mol. The molecular weight excluding hydrogens is 777 g/mol. The third-order valence-electron chi connectivity index (χ3n) is 12.6. The SMILES string of the molecule is c1ccc(-c2ccc(N(c3ccc(-c4ccc([Si](c5ccccc5)(c5ccccc5)c5ccccc5)cc4)cc3)c3ccc(-c4ccc5[nH]c6ccccc6c5c4)cc3)cc2)cc1. The summed E-state index contributed by atoms with van der Waals surface area (Å²) in [5.74, 6) is 0. The molecule has 1 N–H and O–H groups in total. The summed E-state index contributed by atoms with van der Waals surface area (Å²) in [7, 11) is -2.60. The first-order valence-corrected chi connectivity index (χ1v) is 23.7. The molecule has 0 aliphatic rings. The summed E-state index contributed by atoms with van der Waals surface area (Å²) >= 11 is 0. The van der Waals surface area contributed by atoms with Crippen LogP contribution in [0.4, 0.5) is 17.1 Å². The highest BCUT2D eigenvalue weighted by Crippen LogP contribution is 2.38. The molecule has 1 aromatic heterocycles. The second-order valence-corrected chi connectivity index (χ2v) is 20.0. The van der Waals surface area contributed by atoms with E-state index in [4.69, 9.17) is 0 Å². The topological polar surface area (TPSA) is 19.0 Å². The average Bonchev–Trinajstić information content (AvgIpc) is 3.75. The van der Waals surface area contributed by atoms with Crippen molar-refractivity contribution in [3.63, 3.8) is 0 Å². The van der Waals surface area contributed by atoms with Crippen molar-refractivity contribution < 1.29 is 0 Å². The van der Waals surface area contributed by atoms with Crippen LogP contribution < -0.4 is 25.6 Å². The Hall–Kier alpha value is -7.98. The Labute approximate surface area is 370 Å². The lowest BCUT2D eigenvalue weighted by molar-refractivity contribution is 1.28. The maximum Gasteiger partial charge on any atom is 0.179 e. The molecule has 0 saturated carbocycles. The highest BCUT2D eigenvalue weighted by molar-refractivity contribution is 7.19. The van der Waals surface area contributed by atoms with Gasteiger partial charge in [0.25, 0.3) is 0 Å². The van der Waals surface area contributed by atoms with Crippen LogP contribution in [0.15, 0.2) is 261 Å². The average molecular weight is 821 g/mol. The van der Waals surface area contributed by atoms with Gasteiger partial charge in [0.15, 0.2) is 8.07 Å². The van der Waals surface area contributed by atoms with Crippen LogP contribution in [-0.2, 0) is 0 Å². The fourth-order valence-corrected chi connectivity index (χ4v) is 14.2. The Morgan fingerprint density at radius 2 is 0.587 bits per heavy atom. The Balaban J connectivity index is 0.951. The van der Waals surface area contributed by atoms with E-state index >= 15 is 0 Å². The van der Waals surface area contributed by atoms with E-state index in [0.717, 1.165) is 28.1 Å². The number of hydrogen-bond donors (Lipinski definition) is 1. The number of aromatic nitrogens is 1. The number of benzene rings is 10. The first kappa shape index (κ1) is 38.0. The van der Waals surface area contributed by atoms with Crippen molar-refractivity contribution in [1.29, 1.82) is 0 Å². The van der Waals surface area contributed by atoms with Crippen molar-refractivity contribution >= 4 is 67.7 Å². The minimum atomic E-state index is -2.60. The molecule has 0 fully saturated rings. The molecule has 2 nitrogen and oxygen atoms in total. The predicted octanol–water partition coefficient (Wildman–Crippen LogP) is 13.2. The van der Waals surface area contributed by atoms with Crippen molar-refractivity contribution in [2.45, 2.75) is 0 Å². The lowest BCUT2D eigenvalue weighted by Gasteiger charge is -2.34. The number of para-hydroxylation sites is 1. The molecule has 298 valence electrons. The molecule has 63 heavy (non-hydrogen) atoms. The van der Waals surface area contributed by atoms with Crippen LogP contribution in [0.3, 0.4) is 0 Å². The van der Waals surface area contributed by atoms with E-state index < -0.39 is 8.07 Å². The van der Waals surface area contributed by atoms with Crippen LogP contribution in [0, 0.1) is 0 Å². The van der Waals surface area contributed by atoms with Gasteiger partial charge in [-0.1, -0.05) is 206 Å². The van der Waals surface area contributed by atoms with Crippen molar-refractivity contribution in [3.05, 3.63) is 261 Å². The number of nitrogens with zero attached hydrogens (tertiary/aromatic N) is 1. The van der Waals surface area contributed by atoms with Gasteiger partial charge in [-0.15, -0.1) is 0 Å². The van der Waals surface area contributed by atoms with Crippen LogP contribution in [0.1, 0.15) is 0 Å². The lowest BCUT2D eigenvalue weighted by atomic mass is 10.0. The number of nitrogens with one attached hydrogen (secondary N) is 1. The van der Waals surface area contributed by atoms with E-state index in [2.05, 4.69) is 271 Å². The lowest BCUT2D eigenvalue weighted by Crippen LogP contribution is -2.74. The summed E-state index contributed by atoms with van der Waals surface area (Å²) in [5.41, 5.74) is 12.8. The van der Waals surface area contributed by atoms with Crippen LogP contribution in [0.25, 0.3) is 55.2 Å². The fourth-order valence-electron chi connectivity index (χ4n) is 9.49. The van der Waals surface area contributed by atoms with Crippen molar-refractivity contribution in [2.75, 3.05) is 4.90 Å². The molecule has 0 aliphatic heterocycles. The highest BCUT2D eigenvalue weighted by Gasteiger charge is 2.41. The van der Waals surface area contributed by atoms with Crippen LogP contribution in [-0.4, -0.2) is 13.1 Å². The highest BCUT2D eigenvalue weighted by atomic mass is 28.3. The quantitative estimate of drug-likeness (QED) is 0.108. The van der Waals surface area contributed by atoms with E-state index in [1.165, 1.54) is 64.9 Å². The molecule has 3 heteroatoms. The van der Waals surface area contributed by atoms with Crippen LogP contribution in [0.5, 0.6) is 0 Å². The van der Waals surface area contributed by atoms with Gasteiger partial charge in [-0.3, -0.25) is 0 Å². The van der Waals surface area contributed by atoms with E-state index in [0.29, 0.717) is 0 Å². The number of fused-ring (bicyclic) bond motifs is 3. The molecule has 0 unspecified atom stereocenters. The molecule has 0 radical (unpaired) electrons. The third-order valence-corrected chi connectivity index (χ3v) is 17.4. The van der Waals surface area contributed by atoms with Gasteiger partial charge in [0, 0.05) is 38.9 Å². The maximum absolute atomic E-state index is 3.57. The zero-order chi connectivity index (χ0) is 42.0. The standard InChI is InChI=1S/C60H44N2Si/c1-5-15-44(16-6-1)45-25-34-50(35-26-45)62(52-38-29-48(30-39-52)49-33-42-60-58(43-49)57-23-13-14-24-59(57)61-60)51-36-27-46(28-37-51)47-31-40-56(41-32-47)63(53-17-7-2-8-18-53,54-19-9-3-10-20-54)55-21-11-4-12-22-55/h1-43,61H. The maximum atomic E-state index is 3.57. The van der Waals surface area contributed by atoms with Gasteiger partial charge in [0.2, 0.25) is 0 Å². The first-order valence-electron chi connectivity index (χ1n) is 21.7. The molecule has 10 aromatic carbocycles. The van der Waals surface area contributed by atoms with Gasteiger partial charge in [-0.05, 0) is 109 Å². The number of hydrogen-bond acceptors (Lipinski definition) is 1. The zero-order valence-electron chi connectivity index (χ0n) is 34.8. The summed E-state index contributed by atoms with van der Waals surface area (Å²) in [6, 6.07) is 95.5. The largest absolute Gasteiger partial charge is 0.355 e. The first-order chi connectivity index (χ1) is 31.2. The molecule has 0 atom stereocenters. The number of H-pyrrole nitrogens is 1. The van der Waals surface area contributed by atoms with Gasteiger partial charge >= 0.3 is 0 Å². The molecule has 0 aliphatic carbocycles. The Bertz CT molecular complexity index is 3180. The minimum absolute atomic E-state index is 1.10. The molecule has 11 rings (SSSR count). The molecule has 0 saturated heterocycles. The van der Waals surface area contributed by atoms with E-state index in [-0.39, 0.29) is 0 Å². The summed E-state index contributed by atoms with van der Waals surface area (Å²) in [6.07, 6.45) is 0. The van der Waals surface area contributed by atoms with Crippen molar-refractivity contribution in [1.82, 2.24) is 4.98 Å². The molecule has 0 bridgehead atoms. The Kier molecular flexibility index (Phi) is 9.93. The molecular formula is C60H44N2Si. The number of anilines is 3. The predicted molar refractivity (Wildman–Crippen MR) is 270 cm³/mol. The normalized spacial score (nSPS) is 11.5. The molecule has 11 aromatic rings. The zero-order valence-corrected chi connectivity index (χ0v) is 35.8. The number of aromatic amines is 1. The Morgan fingerprint density at radius 3 is 1.06 bits per heavy atom. The van der Waals surface area contributed by atoms with E-state index in [9.17, 15) is 0 Å². The Morgan fingerprint density at radius 1 is 0.254 bits per heavy atom. The minimum Gasteiger partial charge on any atom is -0.355 e.